The van der Waals surface area contributed by atoms with E-state index < -0.39 is 12.0 Å². The average Bonchev–Trinajstić information content (AvgIpc) is 2.70. The molecule has 0 fully saturated rings. The fraction of sp³-hybridized carbons (Fsp3) is 0.364. The number of amides is 2. The highest BCUT2D eigenvalue weighted by molar-refractivity contribution is 5.80. The third-order valence-electron chi connectivity index (χ3n) is 2.33. The van der Waals surface area contributed by atoms with Crippen LogP contribution < -0.4 is 5.32 Å². The zero-order valence-corrected chi connectivity index (χ0v) is 10.1. The first kappa shape index (κ1) is 13.8. The minimum absolute atomic E-state index is 0.183. The van der Waals surface area contributed by atoms with Crippen LogP contribution in [0, 0.1) is 6.92 Å². The SMILES string of the molecule is C=CCN(CC(=O)O)C(=O)NCc1cn[nH]c1C. The Bertz CT molecular complexity index is 441. The van der Waals surface area contributed by atoms with Crippen LogP contribution in [0.5, 0.6) is 0 Å². The molecule has 3 N–H and O–H groups in total. The van der Waals surface area contributed by atoms with Crippen molar-refractivity contribution in [1.29, 1.82) is 0 Å². The molecule has 0 aliphatic carbocycles. The number of carboxylic acids is 1. The number of aryl methyl sites for hydroxylation is 1. The molecular weight excluding hydrogens is 236 g/mol. The Kier molecular flexibility index (Phi) is 4.91. The predicted octanol–water partition coefficient (Wildman–Crippen LogP) is 0.500. The zero-order valence-electron chi connectivity index (χ0n) is 10.1. The van der Waals surface area contributed by atoms with Gasteiger partial charge in [0.25, 0.3) is 0 Å². The van der Waals surface area contributed by atoms with Gasteiger partial charge in [0.05, 0.1) is 6.20 Å². The van der Waals surface area contributed by atoms with Crippen molar-refractivity contribution < 1.29 is 14.7 Å². The first-order valence-corrected chi connectivity index (χ1v) is 5.39. The number of urea groups is 1. The summed E-state index contributed by atoms with van der Waals surface area (Å²) in [5, 5.41) is 17.9. The fourth-order valence-corrected chi connectivity index (χ4v) is 1.37. The standard InChI is InChI=1S/C11H16N4O3/c1-3-4-15(7-10(16)17)11(18)12-5-9-6-13-14-8(9)2/h3,6H,1,4-5,7H2,2H3,(H,12,18)(H,13,14)(H,16,17). The van der Waals surface area contributed by atoms with Crippen LogP contribution in [-0.4, -0.2) is 45.3 Å². The third kappa shape index (κ3) is 3.93. The van der Waals surface area contributed by atoms with E-state index in [0.717, 1.165) is 16.2 Å². The van der Waals surface area contributed by atoms with Gasteiger partial charge in [-0.05, 0) is 6.92 Å². The summed E-state index contributed by atoms with van der Waals surface area (Å²) in [6, 6.07) is -0.446. The minimum atomic E-state index is -1.06. The molecule has 7 nitrogen and oxygen atoms in total. The highest BCUT2D eigenvalue weighted by Gasteiger charge is 2.15. The normalized spacial score (nSPS) is 9.83. The molecule has 0 bridgehead atoms. The summed E-state index contributed by atoms with van der Waals surface area (Å²) in [5.74, 6) is -1.06. The van der Waals surface area contributed by atoms with Gasteiger partial charge in [0, 0.05) is 24.3 Å². The second-order valence-corrected chi connectivity index (χ2v) is 3.74. The first-order chi connectivity index (χ1) is 8.54. The molecule has 98 valence electrons. The number of carbonyl (C=O) groups is 2. The van der Waals surface area contributed by atoms with Crippen molar-refractivity contribution in [3.05, 3.63) is 30.1 Å². The van der Waals surface area contributed by atoms with E-state index in [1.807, 2.05) is 6.92 Å². The van der Waals surface area contributed by atoms with E-state index in [4.69, 9.17) is 5.11 Å². The topological polar surface area (TPSA) is 98.3 Å². The summed E-state index contributed by atoms with van der Waals surface area (Å²) in [6.45, 7) is 5.45. The molecule has 0 spiro atoms. The van der Waals surface area contributed by atoms with Gasteiger partial charge in [0.2, 0.25) is 0 Å². The number of carbonyl (C=O) groups excluding carboxylic acids is 1. The van der Waals surface area contributed by atoms with Crippen LogP contribution >= 0.6 is 0 Å². The van der Waals surface area contributed by atoms with Crippen LogP contribution in [0.3, 0.4) is 0 Å². The molecule has 18 heavy (non-hydrogen) atoms. The summed E-state index contributed by atoms with van der Waals surface area (Å²) >= 11 is 0. The number of nitrogens with zero attached hydrogens (tertiary/aromatic N) is 2. The molecule has 0 aliphatic rings. The van der Waals surface area contributed by atoms with Gasteiger partial charge in [-0.15, -0.1) is 6.58 Å². The predicted molar refractivity (Wildman–Crippen MR) is 65.0 cm³/mol. The number of carboxylic acid groups (broad SMARTS) is 1. The van der Waals surface area contributed by atoms with Gasteiger partial charge in [-0.3, -0.25) is 9.89 Å². The lowest BCUT2D eigenvalue weighted by Crippen LogP contribution is -2.42. The molecule has 0 aromatic carbocycles. The molecule has 1 aromatic rings. The molecule has 0 unspecified atom stereocenters. The number of hydrogen-bond acceptors (Lipinski definition) is 3. The molecular formula is C11H16N4O3. The smallest absolute Gasteiger partial charge is 0.323 e. The van der Waals surface area contributed by atoms with Gasteiger partial charge in [-0.2, -0.15) is 5.10 Å². The highest BCUT2D eigenvalue weighted by atomic mass is 16.4. The Labute approximate surface area is 104 Å². The Morgan fingerprint density at radius 2 is 2.39 bits per heavy atom. The van der Waals surface area contributed by atoms with E-state index in [2.05, 4.69) is 22.1 Å². The van der Waals surface area contributed by atoms with Crippen LogP contribution in [-0.2, 0) is 11.3 Å². The molecule has 1 aromatic heterocycles. The summed E-state index contributed by atoms with van der Waals surface area (Å²) < 4.78 is 0. The summed E-state index contributed by atoms with van der Waals surface area (Å²) in [5.41, 5.74) is 1.72. The van der Waals surface area contributed by atoms with Gasteiger partial charge >= 0.3 is 12.0 Å². The van der Waals surface area contributed by atoms with Gasteiger partial charge in [-0.1, -0.05) is 6.08 Å². The lowest BCUT2D eigenvalue weighted by atomic mass is 10.3. The molecule has 1 heterocycles. The number of hydrogen-bond donors (Lipinski definition) is 3. The van der Waals surface area contributed by atoms with Crippen molar-refractivity contribution in [2.75, 3.05) is 13.1 Å². The number of aromatic amines is 1. The molecule has 0 saturated carbocycles. The summed E-state index contributed by atoms with van der Waals surface area (Å²) in [6.07, 6.45) is 3.09. The van der Waals surface area contributed by atoms with Crippen molar-refractivity contribution in [2.45, 2.75) is 13.5 Å². The molecule has 0 aliphatic heterocycles. The largest absolute Gasteiger partial charge is 0.480 e. The van der Waals surface area contributed by atoms with Crippen LogP contribution in [0.2, 0.25) is 0 Å². The second kappa shape index (κ2) is 6.43. The quantitative estimate of drug-likeness (QED) is 0.642. The third-order valence-corrected chi connectivity index (χ3v) is 2.33. The van der Waals surface area contributed by atoms with E-state index in [-0.39, 0.29) is 13.1 Å². The van der Waals surface area contributed by atoms with E-state index in [1.54, 1.807) is 6.20 Å². The van der Waals surface area contributed by atoms with Crippen molar-refractivity contribution in [3.8, 4) is 0 Å². The summed E-state index contributed by atoms with van der Waals surface area (Å²) in [7, 11) is 0. The lowest BCUT2D eigenvalue weighted by molar-refractivity contribution is -0.137. The molecule has 1 rings (SSSR count). The molecule has 0 saturated heterocycles. The van der Waals surface area contributed by atoms with Gasteiger partial charge < -0.3 is 15.3 Å². The van der Waals surface area contributed by atoms with E-state index in [0.29, 0.717) is 6.54 Å². The average molecular weight is 252 g/mol. The van der Waals surface area contributed by atoms with E-state index in [9.17, 15) is 9.59 Å². The van der Waals surface area contributed by atoms with Crippen LogP contribution in [0.4, 0.5) is 4.79 Å². The maximum absolute atomic E-state index is 11.7. The van der Waals surface area contributed by atoms with Crippen LogP contribution in [0.1, 0.15) is 11.3 Å². The zero-order chi connectivity index (χ0) is 13.5. The monoisotopic (exact) mass is 252 g/mol. The van der Waals surface area contributed by atoms with Crippen molar-refractivity contribution >= 4 is 12.0 Å². The number of aliphatic carboxylic acids is 1. The summed E-state index contributed by atoms with van der Waals surface area (Å²) in [4.78, 5) is 23.5. The Hall–Kier alpha value is -2.31. The lowest BCUT2D eigenvalue weighted by Gasteiger charge is -2.19. The highest BCUT2D eigenvalue weighted by Crippen LogP contribution is 2.02. The number of H-pyrrole nitrogens is 1. The number of nitrogens with one attached hydrogen (secondary N) is 2. The Morgan fingerprint density at radius 3 is 2.89 bits per heavy atom. The Morgan fingerprint density at radius 1 is 1.67 bits per heavy atom. The molecule has 2 amide bonds. The maximum Gasteiger partial charge on any atom is 0.323 e. The molecule has 0 atom stereocenters. The number of aromatic nitrogens is 2. The Balaban J connectivity index is 2.53. The van der Waals surface area contributed by atoms with E-state index >= 15 is 0 Å². The fourth-order valence-electron chi connectivity index (χ4n) is 1.37. The van der Waals surface area contributed by atoms with Gasteiger partial charge in [0.15, 0.2) is 0 Å². The van der Waals surface area contributed by atoms with Crippen molar-refractivity contribution in [3.63, 3.8) is 0 Å². The minimum Gasteiger partial charge on any atom is -0.480 e. The molecule has 7 heteroatoms. The maximum atomic E-state index is 11.7. The number of rotatable bonds is 6. The van der Waals surface area contributed by atoms with E-state index in [1.165, 1.54) is 6.08 Å². The second-order valence-electron chi connectivity index (χ2n) is 3.74. The van der Waals surface area contributed by atoms with Crippen LogP contribution in [0.15, 0.2) is 18.9 Å². The first-order valence-electron chi connectivity index (χ1n) is 5.39. The van der Waals surface area contributed by atoms with Crippen molar-refractivity contribution in [1.82, 2.24) is 20.4 Å². The van der Waals surface area contributed by atoms with Crippen LogP contribution in [0.25, 0.3) is 0 Å². The van der Waals surface area contributed by atoms with Gasteiger partial charge in [0.1, 0.15) is 6.54 Å². The van der Waals surface area contributed by atoms with Gasteiger partial charge in [-0.25, -0.2) is 4.79 Å². The van der Waals surface area contributed by atoms with Crippen molar-refractivity contribution in [2.24, 2.45) is 0 Å². The molecule has 0 radical (unpaired) electrons.